The van der Waals surface area contributed by atoms with Crippen LogP contribution in [0.1, 0.15) is 37.8 Å². The molecule has 0 saturated carbocycles. The molecule has 0 aliphatic carbocycles. The number of carboxylic acids is 2. The Bertz CT molecular complexity index is 774. The van der Waals surface area contributed by atoms with Crippen molar-refractivity contribution in [2.75, 3.05) is 5.88 Å². The average Bonchev–Trinajstić information content (AvgIpc) is 2.49. The van der Waals surface area contributed by atoms with Crippen LogP contribution in [0, 0.1) is 0 Å². The van der Waals surface area contributed by atoms with Crippen LogP contribution in [0.5, 0.6) is 0 Å². The van der Waals surface area contributed by atoms with Gasteiger partial charge in [0.15, 0.2) is 0 Å². The van der Waals surface area contributed by atoms with Crippen molar-refractivity contribution in [1.29, 1.82) is 0 Å². The molecule has 2 N–H and O–H groups in total. The van der Waals surface area contributed by atoms with E-state index in [-0.39, 0.29) is 22.9 Å². The van der Waals surface area contributed by atoms with Crippen LogP contribution in [0.2, 0.25) is 10.0 Å². The fourth-order valence-electron chi connectivity index (χ4n) is 2.28. The maximum atomic E-state index is 11.3. The molecule has 1 atom stereocenters. The van der Waals surface area contributed by atoms with Crippen LogP contribution in [-0.4, -0.2) is 28.0 Å². The van der Waals surface area contributed by atoms with Crippen LogP contribution in [0.3, 0.4) is 0 Å². The van der Waals surface area contributed by atoms with Crippen LogP contribution in [0.4, 0.5) is 0 Å². The van der Waals surface area contributed by atoms with Crippen LogP contribution >= 0.6 is 34.8 Å². The molecule has 0 heterocycles. The zero-order chi connectivity index (χ0) is 17.1. The number of hydrogen-bond donors (Lipinski definition) is 2. The van der Waals surface area contributed by atoms with Crippen molar-refractivity contribution >= 4 is 46.7 Å². The van der Waals surface area contributed by atoms with Crippen LogP contribution in [0.15, 0.2) is 36.4 Å². The van der Waals surface area contributed by atoms with Crippen molar-refractivity contribution in [2.45, 2.75) is 5.92 Å². The monoisotopic (exact) mass is 372 g/mol. The topological polar surface area (TPSA) is 74.6 Å². The third kappa shape index (κ3) is 3.78. The van der Waals surface area contributed by atoms with Gasteiger partial charge in [0.2, 0.25) is 0 Å². The summed E-state index contributed by atoms with van der Waals surface area (Å²) in [4.78, 5) is 22.4. The van der Waals surface area contributed by atoms with Crippen LogP contribution in [0.25, 0.3) is 0 Å². The van der Waals surface area contributed by atoms with E-state index in [0.717, 1.165) is 0 Å². The highest BCUT2D eigenvalue weighted by Gasteiger charge is 2.21. The quantitative estimate of drug-likeness (QED) is 0.741. The largest absolute Gasteiger partial charge is 0.478 e. The van der Waals surface area contributed by atoms with Gasteiger partial charge in [0.05, 0.1) is 11.1 Å². The van der Waals surface area contributed by atoms with Crippen LogP contribution < -0.4 is 0 Å². The van der Waals surface area contributed by atoms with Crippen molar-refractivity contribution in [3.63, 3.8) is 0 Å². The van der Waals surface area contributed by atoms with Gasteiger partial charge in [-0.15, -0.1) is 11.6 Å². The minimum Gasteiger partial charge on any atom is -0.478 e. The van der Waals surface area contributed by atoms with Gasteiger partial charge in [-0.2, -0.15) is 0 Å². The Hall–Kier alpha value is -1.75. The lowest BCUT2D eigenvalue weighted by Crippen LogP contribution is -2.11. The van der Waals surface area contributed by atoms with E-state index in [2.05, 4.69) is 0 Å². The average molecular weight is 374 g/mol. The normalized spacial score (nSPS) is 12.0. The zero-order valence-electron chi connectivity index (χ0n) is 11.6. The fourth-order valence-corrected chi connectivity index (χ4v) is 3.16. The lowest BCUT2D eigenvalue weighted by Gasteiger charge is -2.18. The molecule has 0 unspecified atom stereocenters. The van der Waals surface area contributed by atoms with Crippen molar-refractivity contribution < 1.29 is 19.8 Å². The van der Waals surface area contributed by atoms with E-state index in [1.807, 2.05) is 0 Å². The lowest BCUT2D eigenvalue weighted by molar-refractivity contribution is 0.0651. The Balaban J connectivity index is 2.56. The van der Waals surface area contributed by atoms with Gasteiger partial charge in [-0.05, 0) is 35.4 Å². The Labute approximate surface area is 147 Å². The molecule has 7 heteroatoms. The maximum absolute atomic E-state index is 11.3. The molecule has 0 fully saturated rings. The molecule has 0 aliphatic heterocycles. The summed E-state index contributed by atoms with van der Waals surface area (Å²) in [7, 11) is 0. The molecule has 0 aromatic heterocycles. The number of rotatable bonds is 5. The molecule has 0 radical (unpaired) electrons. The fraction of sp³-hybridized carbons (Fsp3) is 0.125. The maximum Gasteiger partial charge on any atom is 0.336 e. The van der Waals surface area contributed by atoms with Gasteiger partial charge >= 0.3 is 11.9 Å². The standard InChI is InChI=1S/C16H11Cl3O4/c17-7-13(10-4-2-9(18)6-14(10)19)8-1-3-11(15(20)21)12(5-8)16(22)23/h1-6,13H,7H2,(H,20,21)(H,22,23)/t13-/m0/s1. The second-order valence-corrected chi connectivity index (χ2v) is 5.94. The Morgan fingerprint density at radius 2 is 1.61 bits per heavy atom. The number of carboxylic acid groups (broad SMARTS) is 2. The minimum absolute atomic E-state index is 0.146. The summed E-state index contributed by atoms with van der Waals surface area (Å²) in [5.41, 5.74) is 0.670. The van der Waals surface area contributed by atoms with E-state index in [9.17, 15) is 14.7 Å². The molecular formula is C16H11Cl3O4. The first-order chi connectivity index (χ1) is 10.8. The van der Waals surface area contributed by atoms with Gasteiger partial charge in [-0.25, -0.2) is 9.59 Å². The summed E-state index contributed by atoms with van der Waals surface area (Å²) in [6, 6.07) is 9.04. The minimum atomic E-state index is -1.32. The van der Waals surface area contributed by atoms with Gasteiger partial charge in [-0.3, -0.25) is 0 Å². The summed E-state index contributed by atoms with van der Waals surface area (Å²) in [5.74, 6) is -2.87. The Kier molecular flexibility index (Phi) is 5.52. The first-order valence-corrected chi connectivity index (χ1v) is 7.75. The van der Waals surface area contributed by atoms with Gasteiger partial charge in [0.25, 0.3) is 0 Å². The van der Waals surface area contributed by atoms with E-state index in [0.29, 0.717) is 21.2 Å². The number of aromatic carboxylic acids is 2. The molecule has 0 bridgehead atoms. The van der Waals surface area contributed by atoms with E-state index in [1.54, 1.807) is 18.2 Å². The number of carbonyl (C=O) groups is 2. The van der Waals surface area contributed by atoms with E-state index in [4.69, 9.17) is 39.9 Å². The van der Waals surface area contributed by atoms with Gasteiger partial charge < -0.3 is 10.2 Å². The van der Waals surface area contributed by atoms with Crippen molar-refractivity contribution in [1.82, 2.24) is 0 Å². The second-order valence-electron chi connectivity index (χ2n) is 4.79. The van der Waals surface area contributed by atoms with Gasteiger partial charge in [0.1, 0.15) is 0 Å². The molecule has 2 rings (SSSR count). The highest BCUT2D eigenvalue weighted by atomic mass is 35.5. The number of hydrogen-bond acceptors (Lipinski definition) is 2. The molecule has 0 spiro atoms. The van der Waals surface area contributed by atoms with Gasteiger partial charge in [-0.1, -0.05) is 35.3 Å². The zero-order valence-corrected chi connectivity index (χ0v) is 13.9. The summed E-state index contributed by atoms with van der Waals surface area (Å²) in [6.07, 6.45) is 0. The number of halogens is 3. The summed E-state index contributed by atoms with van der Waals surface area (Å²) >= 11 is 18.1. The van der Waals surface area contributed by atoms with Crippen LogP contribution in [-0.2, 0) is 0 Å². The molecule has 2 aromatic rings. The first-order valence-electron chi connectivity index (χ1n) is 6.46. The summed E-state index contributed by atoms with van der Waals surface area (Å²) in [5, 5.41) is 19.2. The summed E-state index contributed by atoms with van der Waals surface area (Å²) in [6.45, 7) is 0. The van der Waals surface area contributed by atoms with Gasteiger partial charge in [0, 0.05) is 21.8 Å². The molecule has 2 aromatic carbocycles. The second kappa shape index (κ2) is 7.21. The number of benzene rings is 2. The number of alkyl halides is 1. The van der Waals surface area contributed by atoms with E-state index in [1.165, 1.54) is 18.2 Å². The summed E-state index contributed by atoms with van der Waals surface area (Å²) < 4.78 is 0. The van der Waals surface area contributed by atoms with E-state index >= 15 is 0 Å². The highest BCUT2D eigenvalue weighted by molar-refractivity contribution is 6.35. The third-order valence-electron chi connectivity index (χ3n) is 3.40. The molecule has 120 valence electrons. The molecular weight excluding hydrogens is 363 g/mol. The Morgan fingerprint density at radius 1 is 0.957 bits per heavy atom. The predicted octanol–water partition coefficient (Wildman–Crippen LogP) is 4.76. The van der Waals surface area contributed by atoms with Crippen molar-refractivity contribution in [3.05, 3.63) is 68.7 Å². The third-order valence-corrected chi connectivity index (χ3v) is 4.27. The molecule has 0 aliphatic rings. The van der Waals surface area contributed by atoms with E-state index < -0.39 is 11.9 Å². The van der Waals surface area contributed by atoms with Crippen molar-refractivity contribution in [2.24, 2.45) is 0 Å². The SMILES string of the molecule is O=C(O)c1ccc([C@H](CCl)c2ccc(Cl)cc2Cl)cc1C(=O)O. The highest BCUT2D eigenvalue weighted by Crippen LogP contribution is 2.34. The predicted molar refractivity (Wildman–Crippen MR) is 89.4 cm³/mol. The molecule has 23 heavy (non-hydrogen) atoms. The smallest absolute Gasteiger partial charge is 0.336 e. The van der Waals surface area contributed by atoms with Crippen molar-refractivity contribution in [3.8, 4) is 0 Å². The molecule has 4 nitrogen and oxygen atoms in total. The first kappa shape index (κ1) is 17.6. The lowest BCUT2D eigenvalue weighted by atomic mass is 9.90. The molecule has 0 saturated heterocycles. The molecule has 0 amide bonds. The Morgan fingerprint density at radius 3 is 2.13 bits per heavy atom.